The van der Waals surface area contributed by atoms with Crippen LogP contribution in [0.15, 0.2) is 77.8 Å². The Morgan fingerprint density at radius 2 is 1.79 bits per heavy atom. The molecule has 1 heterocycles. The number of nitrogens with one attached hydrogen (secondary N) is 1. The number of hydrogen-bond donors (Lipinski definition) is 1. The maximum absolute atomic E-state index is 14.2. The first-order valence-electron chi connectivity index (χ1n) is 9.96. The third-order valence-corrected chi connectivity index (χ3v) is 7.19. The van der Waals surface area contributed by atoms with Gasteiger partial charge in [0.05, 0.1) is 17.8 Å². The van der Waals surface area contributed by atoms with Crippen molar-refractivity contribution in [3.63, 3.8) is 0 Å². The lowest BCUT2D eigenvalue weighted by atomic mass is 10.2. The van der Waals surface area contributed by atoms with Gasteiger partial charge < -0.3 is 14.6 Å². The number of carbonyl (C=O) groups is 1. The number of carbonyl (C=O) groups excluding carboxylic acids is 1. The molecule has 170 valence electrons. The molecule has 0 unspecified atom stereocenters. The first-order chi connectivity index (χ1) is 15.8. The van der Waals surface area contributed by atoms with Gasteiger partial charge in [0.1, 0.15) is 18.1 Å². The van der Waals surface area contributed by atoms with Gasteiger partial charge >= 0.3 is 0 Å². The van der Waals surface area contributed by atoms with Crippen LogP contribution in [0.1, 0.15) is 5.56 Å². The fourth-order valence-electron chi connectivity index (χ4n) is 3.56. The van der Waals surface area contributed by atoms with Gasteiger partial charge in [0, 0.05) is 33.4 Å². The predicted molar refractivity (Wildman–Crippen MR) is 126 cm³/mol. The minimum Gasteiger partial charge on any atom is -0.497 e. The van der Waals surface area contributed by atoms with Crippen molar-refractivity contribution in [2.45, 2.75) is 17.2 Å². The van der Waals surface area contributed by atoms with Crippen LogP contribution in [0.5, 0.6) is 5.75 Å². The van der Waals surface area contributed by atoms with Crippen LogP contribution in [-0.4, -0.2) is 26.0 Å². The lowest BCUT2D eigenvalue weighted by molar-refractivity contribution is -0.116. The molecule has 0 radical (unpaired) electrons. The zero-order chi connectivity index (χ0) is 23.6. The van der Waals surface area contributed by atoms with Crippen LogP contribution in [0.2, 0.25) is 5.02 Å². The zero-order valence-electron chi connectivity index (χ0n) is 17.6. The summed E-state index contributed by atoms with van der Waals surface area (Å²) in [5, 5.41) is 3.27. The van der Waals surface area contributed by atoms with Crippen molar-refractivity contribution in [3.8, 4) is 5.75 Å². The van der Waals surface area contributed by atoms with Gasteiger partial charge in [-0.3, -0.25) is 4.79 Å². The molecule has 0 aliphatic carbocycles. The molecule has 1 N–H and O–H groups in total. The number of halogens is 2. The summed E-state index contributed by atoms with van der Waals surface area (Å²) in [4.78, 5) is 12.6. The highest BCUT2D eigenvalue weighted by Crippen LogP contribution is 2.30. The number of amides is 1. The summed E-state index contributed by atoms with van der Waals surface area (Å²) in [5.74, 6) is -0.949. The summed E-state index contributed by atoms with van der Waals surface area (Å²) >= 11 is 6.04. The first kappa shape index (κ1) is 22.8. The summed E-state index contributed by atoms with van der Waals surface area (Å²) < 4.78 is 47.3. The second kappa shape index (κ2) is 9.25. The normalized spacial score (nSPS) is 11.5. The molecule has 1 aromatic heterocycles. The van der Waals surface area contributed by atoms with Crippen molar-refractivity contribution in [1.29, 1.82) is 0 Å². The molecule has 9 heteroatoms. The maximum Gasteiger partial charge on any atom is 0.244 e. The minimum absolute atomic E-state index is 0.00895. The van der Waals surface area contributed by atoms with Gasteiger partial charge in [0.25, 0.3) is 0 Å². The number of benzene rings is 3. The molecule has 0 aliphatic heterocycles. The predicted octanol–water partition coefficient (Wildman–Crippen LogP) is 5.06. The Hall–Kier alpha value is -3.36. The average molecular weight is 487 g/mol. The Bertz CT molecular complexity index is 1410. The van der Waals surface area contributed by atoms with Crippen LogP contribution in [0, 0.1) is 5.82 Å². The van der Waals surface area contributed by atoms with Gasteiger partial charge in [0.15, 0.2) is 9.84 Å². The quantitative estimate of drug-likeness (QED) is 0.396. The fourth-order valence-corrected chi connectivity index (χ4v) is 5.49. The number of sulfone groups is 1. The summed E-state index contributed by atoms with van der Waals surface area (Å²) in [6.45, 7) is -0.109. The van der Waals surface area contributed by atoms with Crippen LogP contribution in [0.3, 0.4) is 0 Å². The van der Waals surface area contributed by atoms with E-state index in [2.05, 4.69) is 5.32 Å². The van der Waals surface area contributed by atoms with Crippen LogP contribution < -0.4 is 10.1 Å². The van der Waals surface area contributed by atoms with E-state index in [9.17, 15) is 17.6 Å². The van der Waals surface area contributed by atoms with E-state index in [-0.39, 0.29) is 27.9 Å². The van der Waals surface area contributed by atoms with Crippen molar-refractivity contribution in [1.82, 2.24) is 4.57 Å². The Balaban J connectivity index is 1.64. The van der Waals surface area contributed by atoms with Gasteiger partial charge in [-0.1, -0.05) is 35.9 Å². The molecule has 4 rings (SSSR count). The summed E-state index contributed by atoms with van der Waals surface area (Å²) in [6, 6.07) is 17.7. The van der Waals surface area contributed by atoms with Crippen molar-refractivity contribution < 1.29 is 22.3 Å². The van der Waals surface area contributed by atoms with Gasteiger partial charge in [-0.2, -0.15) is 0 Å². The molecule has 0 spiro atoms. The Morgan fingerprint density at radius 1 is 1.06 bits per heavy atom. The Morgan fingerprint density at radius 3 is 2.48 bits per heavy atom. The Kier molecular flexibility index (Phi) is 6.40. The van der Waals surface area contributed by atoms with Gasteiger partial charge in [-0.15, -0.1) is 0 Å². The van der Waals surface area contributed by atoms with Crippen LogP contribution in [0.25, 0.3) is 10.9 Å². The third kappa shape index (κ3) is 4.86. The lowest BCUT2D eigenvalue weighted by Crippen LogP contribution is -2.18. The highest BCUT2D eigenvalue weighted by Gasteiger charge is 2.24. The monoisotopic (exact) mass is 486 g/mol. The molecule has 0 fully saturated rings. The fraction of sp³-hybridized carbons (Fsp3) is 0.125. The molecule has 0 atom stereocenters. The SMILES string of the molecule is COc1ccc(NC(=O)Cn2cc(S(=O)(=O)Cc3c(F)cccc3Cl)c3ccccc32)cc1. The smallest absolute Gasteiger partial charge is 0.244 e. The number of methoxy groups -OCH3 is 1. The molecule has 0 saturated carbocycles. The van der Waals surface area contributed by atoms with Gasteiger partial charge in [0.2, 0.25) is 5.91 Å². The number of aromatic nitrogens is 1. The number of ether oxygens (including phenoxy) is 1. The van der Waals surface area contributed by atoms with E-state index in [4.69, 9.17) is 16.3 Å². The second-order valence-corrected chi connectivity index (χ2v) is 9.74. The summed E-state index contributed by atoms with van der Waals surface area (Å²) in [6.07, 6.45) is 1.41. The highest BCUT2D eigenvalue weighted by atomic mass is 35.5. The van der Waals surface area contributed by atoms with Crippen LogP contribution >= 0.6 is 11.6 Å². The molecule has 1 amide bonds. The number of nitrogens with zero attached hydrogens (tertiary/aromatic N) is 1. The van der Waals surface area contributed by atoms with Crippen LogP contribution in [0.4, 0.5) is 10.1 Å². The maximum atomic E-state index is 14.2. The number of fused-ring (bicyclic) bond motifs is 1. The largest absolute Gasteiger partial charge is 0.497 e. The molecular formula is C24H20ClFN2O4S. The van der Waals surface area contributed by atoms with Crippen molar-refractivity contribution >= 4 is 43.9 Å². The summed E-state index contributed by atoms with van der Waals surface area (Å²) in [7, 11) is -2.41. The first-order valence-corrected chi connectivity index (χ1v) is 12.0. The molecule has 0 saturated heterocycles. The second-order valence-electron chi connectivity index (χ2n) is 7.37. The third-order valence-electron chi connectivity index (χ3n) is 5.17. The van der Waals surface area contributed by atoms with Gasteiger partial charge in [-0.05, 0) is 42.5 Å². The van der Waals surface area contributed by atoms with E-state index in [0.29, 0.717) is 22.3 Å². The van der Waals surface area contributed by atoms with E-state index in [1.165, 1.54) is 24.4 Å². The molecule has 6 nitrogen and oxygen atoms in total. The molecule has 3 aromatic carbocycles. The molecular weight excluding hydrogens is 467 g/mol. The Labute approximate surface area is 195 Å². The highest BCUT2D eigenvalue weighted by molar-refractivity contribution is 7.90. The number of hydrogen-bond acceptors (Lipinski definition) is 4. The van der Waals surface area contributed by atoms with Gasteiger partial charge in [-0.25, -0.2) is 12.8 Å². The van der Waals surface area contributed by atoms with Crippen LogP contribution in [-0.2, 0) is 26.9 Å². The van der Waals surface area contributed by atoms with E-state index < -0.39 is 21.4 Å². The molecule has 0 bridgehead atoms. The van der Waals surface area contributed by atoms with E-state index in [1.807, 2.05) is 0 Å². The number of anilines is 1. The topological polar surface area (TPSA) is 77.4 Å². The molecule has 33 heavy (non-hydrogen) atoms. The minimum atomic E-state index is -3.96. The van der Waals surface area contributed by atoms with E-state index in [1.54, 1.807) is 60.2 Å². The number of rotatable bonds is 7. The van der Waals surface area contributed by atoms with Crippen molar-refractivity contribution in [2.75, 3.05) is 12.4 Å². The van der Waals surface area contributed by atoms with E-state index >= 15 is 0 Å². The molecule has 4 aromatic rings. The average Bonchev–Trinajstić information content (AvgIpc) is 3.16. The summed E-state index contributed by atoms with van der Waals surface area (Å²) in [5.41, 5.74) is 1.06. The van der Waals surface area contributed by atoms with E-state index in [0.717, 1.165) is 0 Å². The number of para-hydroxylation sites is 1. The van der Waals surface area contributed by atoms with Crippen molar-refractivity contribution in [3.05, 3.63) is 89.3 Å². The molecule has 0 aliphatic rings. The lowest BCUT2D eigenvalue weighted by Gasteiger charge is -2.08. The van der Waals surface area contributed by atoms with Crippen molar-refractivity contribution in [2.24, 2.45) is 0 Å². The zero-order valence-corrected chi connectivity index (χ0v) is 19.2. The standard InChI is InChI=1S/C24H20ClFN2O4S/c1-32-17-11-9-16(10-12-17)27-24(29)14-28-13-23(18-5-2-3-8-22(18)28)33(30,31)15-19-20(25)6-4-7-21(19)26/h2-13H,14-15H2,1H3,(H,27,29).